The second-order valence-electron chi connectivity index (χ2n) is 11.4. The fourth-order valence-corrected chi connectivity index (χ4v) is 7.11. The molecule has 1 aliphatic heterocycles. The summed E-state index contributed by atoms with van der Waals surface area (Å²) in [5, 5.41) is 14.3. The van der Waals surface area contributed by atoms with Crippen LogP contribution in [0, 0.1) is 29.4 Å². The number of aliphatic hydroxyl groups is 1. The molecule has 7 nitrogen and oxygen atoms in total. The number of nitrogens with two attached hydrogens (primary N) is 1. The van der Waals surface area contributed by atoms with E-state index in [1.165, 1.54) is 12.1 Å². The molecule has 0 spiro atoms. The van der Waals surface area contributed by atoms with Crippen LogP contribution in [0.4, 0.5) is 8.78 Å². The summed E-state index contributed by atoms with van der Waals surface area (Å²) in [5.74, 6) is -1.82. The number of hydrogen-bond donors (Lipinski definition) is 3. The van der Waals surface area contributed by atoms with Gasteiger partial charge in [-0.25, -0.2) is 8.78 Å². The van der Waals surface area contributed by atoms with E-state index in [4.69, 9.17) is 10.3 Å². The first-order valence-electron chi connectivity index (χ1n) is 14.6. The Morgan fingerprint density at radius 2 is 1.85 bits per heavy atom. The van der Waals surface area contributed by atoms with E-state index in [-0.39, 0.29) is 30.1 Å². The van der Waals surface area contributed by atoms with Crippen molar-refractivity contribution < 1.29 is 28.0 Å². The molecule has 0 bridgehead atoms. The highest BCUT2D eigenvalue weighted by Crippen LogP contribution is 2.45. The van der Waals surface area contributed by atoms with Crippen LogP contribution < -0.4 is 15.6 Å². The number of para-hydroxylation sites is 1. The average Bonchev–Trinajstić information content (AvgIpc) is 3.70. The van der Waals surface area contributed by atoms with Crippen molar-refractivity contribution in [3.8, 4) is 5.75 Å². The number of likely N-dealkylation sites (tertiary alicyclic amines) is 1. The van der Waals surface area contributed by atoms with Gasteiger partial charge in [-0.2, -0.15) is 0 Å². The minimum absolute atomic E-state index is 0.0224. The van der Waals surface area contributed by atoms with Crippen molar-refractivity contribution in [2.75, 3.05) is 25.9 Å². The second-order valence-corrected chi connectivity index (χ2v) is 13.2. The minimum atomic E-state index is -1.22. The number of aliphatic hydroxyl groups excluding tert-OH is 1. The first-order chi connectivity index (χ1) is 19.7. The summed E-state index contributed by atoms with van der Waals surface area (Å²) >= 11 is 0. The third-order valence-corrected chi connectivity index (χ3v) is 9.43. The lowest BCUT2D eigenvalue weighted by atomic mass is 9.89. The van der Waals surface area contributed by atoms with Gasteiger partial charge in [-0.05, 0) is 68.1 Å². The maximum Gasteiger partial charge on any atom is 0.226 e. The van der Waals surface area contributed by atoms with Gasteiger partial charge in [0.25, 0.3) is 0 Å². The van der Waals surface area contributed by atoms with Gasteiger partial charge in [-0.3, -0.25) is 9.59 Å². The molecular formula is C31H42F2N3O4P. The molecule has 2 aromatic rings. The first-order valence-corrected chi connectivity index (χ1v) is 16.5. The van der Waals surface area contributed by atoms with Crippen LogP contribution in [0.5, 0.6) is 5.75 Å². The molecule has 1 saturated heterocycles. The zero-order chi connectivity index (χ0) is 29.5. The number of amides is 2. The Morgan fingerprint density at radius 3 is 2.49 bits per heavy atom. The molecule has 0 radical (unpaired) electrons. The number of hydrogen-bond acceptors (Lipinski definition) is 5. The van der Waals surface area contributed by atoms with Crippen molar-refractivity contribution in [2.45, 2.75) is 63.6 Å². The highest BCUT2D eigenvalue weighted by atomic mass is 31.1. The molecule has 6 atom stereocenters. The third-order valence-electron chi connectivity index (χ3n) is 7.97. The van der Waals surface area contributed by atoms with Gasteiger partial charge in [0.1, 0.15) is 17.4 Å². The van der Waals surface area contributed by atoms with Crippen molar-refractivity contribution in [1.29, 1.82) is 0 Å². The summed E-state index contributed by atoms with van der Waals surface area (Å²) in [6, 6.07) is 10.8. The molecule has 0 aromatic heterocycles. The summed E-state index contributed by atoms with van der Waals surface area (Å²) in [6.07, 6.45) is 3.88. The Hall–Kier alpha value is -2.61. The number of rotatable bonds is 15. The predicted molar refractivity (Wildman–Crippen MR) is 157 cm³/mol. The Kier molecular flexibility index (Phi) is 11.1. The minimum Gasteiger partial charge on any atom is -0.474 e. The van der Waals surface area contributed by atoms with Gasteiger partial charge in [-0.1, -0.05) is 38.0 Å². The molecule has 2 amide bonds. The SMILES string of the molecule is CCCCCN1CC(C(=O)NC(Cc2cc(F)cc(F)c2)C(O)C(N)CP(C)Oc2ccccc2)C(C2CC2)C1=O. The van der Waals surface area contributed by atoms with Crippen molar-refractivity contribution in [2.24, 2.45) is 23.5 Å². The van der Waals surface area contributed by atoms with Crippen LogP contribution in [0.15, 0.2) is 48.5 Å². The number of carbonyl (C=O) groups is 2. The molecule has 6 unspecified atom stereocenters. The average molecular weight is 590 g/mol. The third kappa shape index (κ3) is 8.69. The molecule has 10 heteroatoms. The van der Waals surface area contributed by atoms with Gasteiger partial charge in [0.2, 0.25) is 11.8 Å². The van der Waals surface area contributed by atoms with Crippen molar-refractivity contribution in [3.05, 3.63) is 65.7 Å². The number of carbonyl (C=O) groups excluding carboxylic acids is 2. The van der Waals surface area contributed by atoms with Gasteiger partial charge in [0.15, 0.2) is 0 Å². The van der Waals surface area contributed by atoms with Gasteiger partial charge in [0.05, 0.1) is 32.1 Å². The van der Waals surface area contributed by atoms with Crippen LogP contribution in [0.1, 0.15) is 44.6 Å². The van der Waals surface area contributed by atoms with Crippen LogP contribution >= 0.6 is 8.15 Å². The Balaban J connectivity index is 1.48. The van der Waals surface area contributed by atoms with Crippen LogP contribution in [-0.4, -0.2) is 65.9 Å². The highest BCUT2D eigenvalue weighted by Gasteiger charge is 2.51. The monoisotopic (exact) mass is 589 g/mol. The van der Waals surface area contributed by atoms with Gasteiger partial charge < -0.3 is 25.6 Å². The number of halogens is 2. The number of unbranched alkanes of at least 4 members (excludes halogenated alkanes) is 2. The lowest BCUT2D eigenvalue weighted by Gasteiger charge is -2.31. The van der Waals surface area contributed by atoms with Gasteiger partial charge in [-0.15, -0.1) is 0 Å². The molecule has 1 heterocycles. The van der Waals surface area contributed by atoms with E-state index in [1.54, 1.807) is 4.90 Å². The fourth-order valence-electron chi connectivity index (χ4n) is 5.74. The highest BCUT2D eigenvalue weighted by molar-refractivity contribution is 7.52. The largest absolute Gasteiger partial charge is 0.474 e. The molecule has 4 N–H and O–H groups in total. The molecule has 41 heavy (non-hydrogen) atoms. The maximum absolute atomic E-state index is 14.0. The number of benzene rings is 2. The summed E-state index contributed by atoms with van der Waals surface area (Å²) < 4.78 is 34.0. The molecule has 4 rings (SSSR count). The number of nitrogens with zero attached hydrogens (tertiary/aromatic N) is 1. The molecule has 1 aliphatic carbocycles. The lowest BCUT2D eigenvalue weighted by molar-refractivity contribution is -0.134. The summed E-state index contributed by atoms with van der Waals surface area (Å²) in [5.41, 5.74) is 6.73. The Bertz CT molecular complexity index is 1150. The van der Waals surface area contributed by atoms with Gasteiger partial charge >= 0.3 is 0 Å². The Labute approximate surface area is 242 Å². The number of nitrogens with one attached hydrogen (secondary N) is 1. The standard InChI is InChI=1S/C31H42F2N3O4P/c1-3-4-8-13-36-18-25(28(31(36)39)21-11-12-21)30(38)35-27(16-20-14-22(32)17-23(33)15-20)29(37)26(34)19-41(2)40-24-9-6-5-7-10-24/h5-7,9-10,14-15,17,21,25-29,37H,3-4,8,11-13,16,18-19,34H2,1-2H3,(H,35,38). The smallest absolute Gasteiger partial charge is 0.226 e. The zero-order valence-electron chi connectivity index (χ0n) is 23.8. The van der Waals surface area contributed by atoms with Crippen LogP contribution in [0.2, 0.25) is 0 Å². The first kappa shape index (κ1) is 31.3. The fraction of sp³-hybridized carbons (Fsp3) is 0.548. The normalized spacial score (nSPS) is 21.8. The molecule has 224 valence electrons. The van der Waals surface area contributed by atoms with Crippen LogP contribution in [0.25, 0.3) is 0 Å². The van der Waals surface area contributed by atoms with Crippen molar-refractivity contribution in [1.82, 2.24) is 10.2 Å². The lowest BCUT2D eigenvalue weighted by Crippen LogP contribution is -2.55. The quantitative estimate of drug-likeness (QED) is 0.210. The maximum atomic E-state index is 14.0. The summed E-state index contributed by atoms with van der Waals surface area (Å²) in [7, 11) is -1.05. The summed E-state index contributed by atoms with van der Waals surface area (Å²) in [6.45, 7) is 4.97. The molecule has 1 saturated carbocycles. The molecule has 2 aromatic carbocycles. The summed E-state index contributed by atoms with van der Waals surface area (Å²) in [4.78, 5) is 28.8. The topological polar surface area (TPSA) is 105 Å². The zero-order valence-corrected chi connectivity index (χ0v) is 24.7. The molecule has 2 aliphatic rings. The second kappa shape index (κ2) is 14.5. The predicted octanol–water partition coefficient (Wildman–Crippen LogP) is 4.46. The van der Waals surface area contributed by atoms with Crippen molar-refractivity contribution in [3.63, 3.8) is 0 Å². The van der Waals surface area contributed by atoms with E-state index in [9.17, 15) is 23.5 Å². The van der Waals surface area contributed by atoms with E-state index in [0.717, 1.165) is 38.2 Å². The van der Waals surface area contributed by atoms with E-state index in [0.29, 0.717) is 30.6 Å². The van der Waals surface area contributed by atoms with E-state index in [1.807, 2.05) is 37.0 Å². The molecular weight excluding hydrogens is 547 g/mol. The molecule has 2 fully saturated rings. The van der Waals surface area contributed by atoms with E-state index < -0.39 is 43.9 Å². The van der Waals surface area contributed by atoms with E-state index >= 15 is 0 Å². The Morgan fingerprint density at radius 1 is 1.17 bits per heavy atom. The van der Waals surface area contributed by atoms with Crippen molar-refractivity contribution >= 4 is 20.0 Å². The van der Waals surface area contributed by atoms with E-state index in [2.05, 4.69) is 12.2 Å². The van der Waals surface area contributed by atoms with Crippen LogP contribution in [-0.2, 0) is 16.0 Å². The van der Waals surface area contributed by atoms with Crippen LogP contribution in [0.3, 0.4) is 0 Å². The van der Waals surface area contributed by atoms with Gasteiger partial charge in [0, 0.05) is 31.4 Å².